The topological polar surface area (TPSA) is 25.6 Å². The average molecular weight is 303 g/mol. The summed E-state index contributed by atoms with van der Waals surface area (Å²) in [6, 6.07) is 6.48. The van der Waals surface area contributed by atoms with Crippen molar-refractivity contribution >= 4 is 11.3 Å². The summed E-state index contributed by atoms with van der Waals surface area (Å²) in [5.74, 6) is 2.08. The number of fused-ring (bicyclic) bond motifs is 1. The van der Waals surface area contributed by atoms with Gasteiger partial charge in [-0.2, -0.15) is 0 Å². The lowest BCUT2D eigenvalue weighted by Gasteiger charge is -2.26. The number of thiophene rings is 1. The van der Waals surface area contributed by atoms with E-state index in [1.807, 2.05) is 11.3 Å². The Balaban J connectivity index is 1.40. The van der Waals surface area contributed by atoms with Crippen LogP contribution in [0.4, 0.5) is 0 Å². The van der Waals surface area contributed by atoms with Crippen LogP contribution in [-0.2, 0) is 24.2 Å². The first-order valence-corrected chi connectivity index (χ1v) is 8.74. The molecule has 0 radical (unpaired) electrons. The summed E-state index contributed by atoms with van der Waals surface area (Å²) < 4.78 is 11.8. The van der Waals surface area contributed by atoms with Gasteiger partial charge in [0.15, 0.2) is 0 Å². The fraction of sp³-hybridized carbons (Fsp3) is 0.529. The quantitative estimate of drug-likeness (QED) is 0.852. The van der Waals surface area contributed by atoms with Crippen molar-refractivity contribution in [1.29, 1.82) is 0 Å². The molecule has 1 fully saturated rings. The molecule has 21 heavy (non-hydrogen) atoms. The molecule has 0 N–H and O–H groups in total. The van der Waals surface area contributed by atoms with Gasteiger partial charge in [0, 0.05) is 24.6 Å². The first-order valence-electron chi connectivity index (χ1n) is 7.86. The highest BCUT2D eigenvalue weighted by Crippen LogP contribution is 2.30. The Bertz CT molecular complexity index is 597. The van der Waals surface area contributed by atoms with Gasteiger partial charge < -0.3 is 9.15 Å². The molecule has 0 bridgehead atoms. The van der Waals surface area contributed by atoms with Crippen LogP contribution in [0.5, 0.6) is 0 Å². The summed E-state index contributed by atoms with van der Waals surface area (Å²) in [7, 11) is 0. The van der Waals surface area contributed by atoms with Crippen LogP contribution in [0.2, 0.25) is 0 Å². The highest BCUT2D eigenvalue weighted by molar-refractivity contribution is 7.10. The SMILES string of the molecule is c1cc2c(s1)CCN(Cc1ccc(C3CCCCO3)o1)C2. The summed E-state index contributed by atoms with van der Waals surface area (Å²) >= 11 is 1.89. The van der Waals surface area contributed by atoms with Crippen LogP contribution in [0.15, 0.2) is 28.0 Å². The van der Waals surface area contributed by atoms with Gasteiger partial charge in [0.2, 0.25) is 0 Å². The molecule has 0 saturated carbocycles. The van der Waals surface area contributed by atoms with Gasteiger partial charge in [-0.3, -0.25) is 4.90 Å². The number of hydrogen-bond acceptors (Lipinski definition) is 4. The van der Waals surface area contributed by atoms with Gasteiger partial charge in [-0.1, -0.05) is 0 Å². The van der Waals surface area contributed by atoms with E-state index in [0.717, 1.165) is 44.2 Å². The third-order valence-corrected chi connectivity index (χ3v) is 5.47. The molecule has 112 valence electrons. The molecule has 1 unspecified atom stereocenters. The maximum Gasteiger partial charge on any atom is 0.133 e. The molecule has 4 heteroatoms. The molecule has 0 aromatic carbocycles. The lowest BCUT2D eigenvalue weighted by Crippen LogP contribution is -2.28. The van der Waals surface area contributed by atoms with Gasteiger partial charge in [-0.05, 0) is 54.8 Å². The number of ether oxygens (including phenoxy) is 1. The van der Waals surface area contributed by atoms with Crippen LogP contribution < -0.4 is 0 Å². The predicted molar refractivity (Wildman–Crippen MR) is 83.4 cm³/mol. The van der Waals surface area contributed by atoms with Crippen LogP contribution in [-0.4, -0.2) is 18.1 Å². The minimum absolute atomic E-state index is 0.178. The fourth-order valence-electron chi connectivity index (χ4n) is 3.28. The van der Waals surface area contributed by atoms with Crippen molar-refractivity contribution in [2.45, 2.75) is 44.9 Å². The third kappa shape index (κ3) is 2.93. The fourth-order valence-corrected chi connectivity index (χ4v) is 4.17. The van der Waals surface area contributed by atoms with Gasteiger partial charge in [0.05, 0.1) is 6.54 Å². The highest BCUT2D eigenvalue weighted by atomic mass is 32.1. The molecular weight excluding hydrogens is 282 g/mol. The highest BCUT2D eigenvalue weighted by Gasteiger charge is 2.21. The van der Waals surface area contributed by atoms with Crippen molar-refractivity contribution in [3.8, 4) is 0 Å². The van der Waals surface area contributed by atoms with Gasteiger partial charge in [0.1, 0.15) is 17.6 Å². The van der Waals surface area contributed by atoms with Crippen molar-refractivity contribution in [2.24, 2.45) is 0 Å². The van der Waals surface area contributed by atoms with Gasteiger partial charge >= 0.3 is 0 Å². The summed E-state index contributed by atoms with van der Waals surface area (Å²) in [5.41, 5.74) is 1.49. The number of nitrogens with zero attached hydrogens (tertiary/aromatic N) is 1. The predicted octanol–water partition coefficient (Wildman–Crippen LogP) is 4.14. The monoisotopic (exact) mass is 303 g/mol. The van der Waals surface area contributed by atoms with Gasteiger partial charge in [0.25, 0.3) is 0 Å². The molecule has 0 amide bonds. The number of rotatable bonds is 3. The Morgan fingerprint density at radius 2 is 2.24 bits per heavy atom. The van der Waals surface area contributed by atoms with Crippen LogP contribution in [0, 0.1) is 0 Å². The molecule has 2 aromatic heterocycles. The Labute approximate surface area is 129 Å². The van der Waals surface area contributed by atoms with E-state index in [1.54, 1.807) is 4.88 Å². The van der Waals surface area contributed by atoms with Crippen LogP contribution in [0.1, 0.15) is 47.3 Å². The van der Waals surface area contributed by atoms with Crippen molar-refractivity contribution in [3.05, 3.63) is 45.5 Å². The Morgan fingerprint density at radius 1 is 1.24 bits per heavy atom. The second-order valence-electron chi connectivity index (χ2n) is 5.99. The second-order valence-corrected chi connectivity index (χ2v) is 6.99. The van der Waals surface area contributed by atoms with Crippen molar-refractivity contribution in [2.75, 3.05) is 13.2 Å². The van der Waals surface area contributed by atoms with E-state index < -0.39 is 0 Å². The Hall–Kier alpha value is -1.10. The molecular formula is C17H21NO2S. The maximum absolute atomic E-state index is 6.03. The van der Waals surface area contributed by atoms with Crippen molar-refractivity contribution < 1.29 is 9.15 Å². The van der Waals surface area contributed by atoms with Crippen molar-refractivity contribution in [3.63, 3.8) is 0 Å². The first-order chi connectivity index (χ1) is 10.4. The van der Waals surface area contributed by atoms with Crippen LogP contribution in [0.25, 0.3) is 0 Å². The van der Waals surface area contributed by atoms with Crippen LogP contribution >= 0.6 is 11.3 Å². The smallest absolute Gasteiger partial charge is 0.133 e. The molecule has 2 aliphatic heterocycles. The Morgan fingerprint density at radius 3 is 3.14 bits per heavy atom. The van der Waals surface area contributed by atoms with Crippen LogP contribution in [0.3, 0.4) is 0 Å². The van der Waals surface area contributed by atoms with E-state index in [0.29, 0.717) is 0 Å². The lowest BCUT2D eigenvalue weighted by atomic mass is 10.1. The molecule has 4 rings (SSSR count). The molecule has 0 aliphatic carbocycles. The van der Waals surface area contributed by atoms with Crippen molar-refractivity contribution in [1.82, 2.24) is 4.90 Å². The van der Waals surface area contributed by atoms with Gasteiger partial charge in [-0.15, -0.1) is 11.3 Å². The molecule has 0 spiro atoms. The van der Waals surface area contributed by atoms with E-state index in [-0.39, 0.29) is 6.10 Å². The second kappa shape index (κ2) is 5.95. The molecule has 4 heterocycles. The van der Waals surface area contributed by atoms with E-state index >= 15 is 0 Å². The minimum atomic E-state index is 0.178. The average Bonchev–Trinajstić information content (AvgIpc) is 3.17. The zero-order chi connectivity index (χ0) is 14.1. The zero-order valence-corrected chi connectivity index (χ0v) is 13.0. The molecule has 2 aromatic rings. The molecule has 3 nitrogen and oxygen atoms in total. The Kier molecular flexibility index (Phi) is 3.84. The standard InChI is InChI=1S/C17H21NO2S/c1-2-9-19-15(3-1)16-5-4-14(20-16)12-18-8-6-17-13(11-18)7-10-21-17/h4-5,7,10,15H,1-3,6,8-9,11-12H2. The molecule has 1 saturated heterocycles. The van der Waals surface area contributed by atoms with Gasteiger partial charge in [-0.25, -0.2) is 0 Å². The van der Waals surface area contributed by atoms with E-state index in [1.165, 1.54) is 24.8 Å². The normalized spacial score (nSPS) is 23.1. The number of furan rings is 1. The first kappa shape index (κ1) is 13.6. The minimum Gasteiger partial charge on any atom is -0.462 e. The lowest BCUT2D eigenvalue weighted by molar-refractivity contribution is 0.000802. The number of hydrogen-bond donors (Lipinski definition) is 0. The summed E-state index contributed by atoms with van der Waals surface area (Å²) in [6.45, 7) is 3.95. The zero-order valence-electron chi connectivity index (χ0n) is 12.2. The van der Waals surface area contributed by atoms with E-state index in [2.05, 4.69) is 28.5 Å². The third-order valence-electron chi connectivity index (χ3n) is 4.45. The summed E-state index contributed by atoms with van der Waals surface area (Å²) in [5, 5.41) is 2.21. The summed E-state index contributed by atoms with van der Waals surface area (Å²) in [6.07, 6.45) is 4.87. The summed E-state index contributed by atoms with van der Waals surface area (Å²) in [4.78, 5) is 4.03. The maximum atomic E-state index is 6.03. The molecule has 1 atom stereocenters. The largest absolute Gasteiger partial charge is 0.462 e. The van der Waals surface area contributed by atoms with E-state index in [9.17, 15) is 0 Å². The molecule has 2 aliphatic rings. The van der Waals surface area contributed by atoms with E-state index in [4.69, 9.17) is 9.15 Å².